The molecule has 5 nitrogen and oxygen atoms in total. The number of aromatic nitrogens is 1. The first-order valence-electron chi connectivity index (χ1n) is 3.85. The highest BCUT2D eigenvalue weighted by Gasteiger charge is 2.17. The summed E-state index contributed by atoms with van der Waals surface area (Å²) < 4.78 is 6.23. The van der Waals surface area contributed by atoms with Crippen molar-refractivity contribution < 1.29 is 9.53 Å². The highest BCUT2D eigenvalue weighted by molar-refractivity contribution is 9.10. The third-order valence-electron chi connectivity index (χ3n) is 1.58. The average Bonchev–Trinajstić information content (AvgIpc) is 2.42. The van der Waals surface area contributed by atoms with Crippen LogP contribution in [-0.4, -0.2) is 17.3 Å². The second-order valence-corrected chi connectivity index (χ2v) is 3.28. The van der Waals surface area contributed by atoms with Crippen LogP contribution in [0.25, 0.3) is 0 Å². The Kier molecular flexibility index (Phi) is 3.14. The Balaban J connectivity index is 3.13. The number of rotatable bonds is 2. The molecule has 2 N–H and O–H groups in total. The molecule has 0 aliphatic carbocycles. The Morgan fingerprint density at radius 3 is 2.93 bits per heavy atom. The summed E-state index contributed by atoms with van der Waals surface area (Å²) >= 11 is 3.12. The summed E-state index contributed by atoms with van der Waals surface area (Å²) in [4.78, 5) is 11.3. The van der Waals surface area contributed by atoms with Gasteiger partial charge in [-0.25, -0.2) is 9.47 Å². The molecule has 0 saturated heterocycles. The molecule has 1 aromatic heterocycles. The summed E-state index contributed by atoms with van der Waals surface area (Å²) in [6.45, 7) is 1.96. The van der Waals surface area contributed by atoms with Gasteiger partial charge in [0, 0.05) is 0 Å². The van der Waals surface area contributed by atoms with Crippen LogP contribution >= 0.6 is 15.9 Å². The zero-order valence-corrected chi connectivity index (χ0v) is 9.04. The lowest BCUT2D eigenvalue weighted by molar-refractivity contribution is 0.0516. The summed E-state index contributed by atoms with van der Waals surface area (Å²) in [6, 6.07) is 3.32. The molecule has 0 saturated carbocycles. The number of nitriles is 1. The van der Waals surface area contributed by atoms with Gasteiger partial charge in [-0.15, -0.1) is 0 Å². The molecule has 0 amide bonds. The van der Waals surface area contributed by atoms with Crippen molar-refractivity contribution in [1.82, 2.24) is 4.68 Å². The molecule has 0 fully saturated rings. The molecule has 0 aliphatic rings. The van der Waals surface area contributed by atoms with E-state index in [9.17, 15) is 4.79 Å². The minimum absolute atomic E-state index is 0.148. The molecule has 0 atom stereocenters. The van der Waals surface area contributed by atoms with Gasteiger partial charge in [0.25, 0.3) is 0 Å². The molecule has 74 valence electrons. The smallest absolute Gasteiger partial charge is 0.356 e. The first-order chi connectivity index (χ1) is 6.61. The van der Waals surface area contributed by atoms with E-state index in [1.807, 2.05) is 6.07 Å². The number of halogens is 1. The highest BCUT2D eigenvalue weighted by Crippen LogP contribution is 2.19. The Labute approximate surface area is 89.2 Å². The molecule has 14 heavy (non-hydrogen) atoms. The van der Waals surface area contributed by atoms with Crippen LogP contribution in [0.4, 0.5) is 0 Å². The second kappa shape index (κ2) is 4.15. The molecule has 0 spiro atoms. The fraction of sp³-hybridized carbons (Fsp3) is 0.250. The van der Waals surface area contributed by atoms with E-state index < -0.39 is 5.97 Å². The van der Waals surface area contributed by atoms with Crippen molar-refractivity contribution in [1.29, 1.82) is 5.26 Å². The van der Waals surface area contributed by atoms with Crippen LogP contribution in [0.2, 0.25) is 0 Å². The molecule has 1 aromatic rings. The lowest BCUT2D eigenvalue weighted by atomic mass is 10.4. The number of ether oxygens (including phenoxy) is 1. The van der Waals surface area contributed by atoms with E-state index in [0.717, 1.165) is 4.68 Å². The molecule has 0 aliphatic heterocycles. The number of nitrogen functional groups attached to an aromatic ring is 1. The van der Waals surface area contributed by atoms with Crippen LogP contribution in [0, 0.1) is 11.3 Å². The lowest BCUT2D eigenvalue weighted by Crippen LogP contribution is -2.19. The maximum absolute atomic E-state index is 11.3. The maximum atomic E-state index is 11.3. The first kappa shape index (κ1) is 10.6. The third-order valence-corrected chi connectivity index (χ3v) is 2.19. The zero-order valence-electron chi connectivity index (χ0n) is 7.45. The van der Waals surface area contributed by atoms with Crippen LogP contribution in [0.5, 0.6) is 0 Å². The summed E-state index contributed by atoms with van der Waals surface area (Å²) in [5.74, 6) is 4.96. The molecule has 0 radical (unpaired) electrons. The fourth-order valence-corrected chi connectivity index (χ4v) is 1.46. The van der Waals surface area contributed by atoms with E-state index in [0.29, 0.717) is 4.47 Å². The molecule has 1 heterocycles. The van der Waals surface area contributed by atoms with E-state index in [1.54, 1.807) is 6.92 Å². The van der Waals surface area contributed by atoms with Crippen LogP contribution in [0.1, 0.15) is 23.1 Å². The minimum atomic E-state index is -0.544. The van der Waals surface area contributed by atoms with E-state index in [-0.39, 0.29) is 18.0 Å². The Morgan fingerprint density at radius 1 is 1.86 bits per heavy atom. The third kappa shape index (κ3) is 1.72. The van der Waals surface area contributed by atoms with Crippen molar-refractivity contribution in [3.8, 4) is 6.07 Å². The van der Waals surface area contributed by atoms with Gasteiger partial charge in [-0.2, -0.15) is 5.26 Å². The summed E-state index contributed by atoms with van der Waals surface area (Å²) in [6.07, 6.45) is 0. The maximum Gasteiger partial charge on any atom is 0.356 e. The van der Waals surface area contributed by atoms with Gasteiger partial charge < -0.3 is 10.6 Å². The van der Waals surface area contributed by atoms with Gasteiger partial charge in [0.2, 0.25) is 0 Å². The van der Waals surface area contributed by atoms with Gasteiger partial charge >= 0.3 is 5.97 Å². The molecule has 6 heteroatoms. The van der Waals surface area contributed by atoms with E-state index in [4.69, 9.17) is 15.8 Å². The zero-order chi connectivity index (χ0) is 10.7. The number of carbonyl (C=O) groups is 1. The Hall–Kier alpha value is -1.48. The van der Waals surface area contributed by atoms with Crippen molar-refractivity contribution in [3.05, 3.63) is 21.9 Å². The highest BCUT2D eigenvalue weighted by atomic mass is 79.9. The average molecular weight is 258 g/mol. The molecule has 1 rings (SSSR count). The summed E-state index contributed by atoms with van der Waals surface area (Å²) in [7, 11) is 0. The second-order valence-electron chi connectivity index (χ2n) is 2.43. The molecule has 0 unspecified atom stereocenters. The fourth-order valence-electron chi connectivity index (χ4n) is 0.963. The molecular weight excluding hydrogens is 250 g/mol. The summed E-state index contributed by atoms with van der Waals surface area (Å²) in [5.41, 5.74) is 0.336. The van der Waals surface area contributed by atoms with Crippen molar-refractivity contribution >= 4 is 21.9 Å². The number of nitrogens with zero attached hydrogens (tertiary/aromatic N) is 2. The van der Waals surface area contributed by atoms with Crippen molar-refractivity contribution in [2.45, 2.75) is 6.92 Å². The number of carbonyl (C=O) groups excluding carboxylic acids is 1. The van der Waals surface area contributed by atoms with E-state index in [1.165, 1.54) is 6.07 Å². The summed E-state index contributed by atoms with van der Waals surface area (Å²) in [5, 5.41) is 8.69. The number of esters is 1. The van der Waals surface area contributed by atoms with Crippen molar-refractivity contribution in [2.24, 2.45) is 0 Å². The van der Waals surface area contributed by atoms with Crippen molar-refractivity contribution in [2.75, 3.05) is 12.4 Å². The Morgan fingerprint density at radius 2 is 2.50 bits per heavy atom. The predicted molar refractivity (Wildman–Crippen MR) is 53.0 cm³/mol. The molecular formula is C8H8BrN3O2. The monoisotopic (exact) mass is 257 g/mol. The topological polar surface area (TPSA) is 81.0 Å². The lowest BCUT2D eigenvalue weighted by Gasteiger charge is -2.02. The quantitative estimate of drug-likeness (QED) is 0.634. The molecule has 0 bridgehead atoms. The van der Waals surface area contributed by atoms with Crippen LogP contribution < -0.4 is 5.84 Å². The van der Waals surface area contributed by atoms with Crippen molar-refractivity contribution in [3.63, 3.8) is 0 Å². The predicted octanol–water partition coefficient (Wildman–Crippen LogP) is 1.01. The molecule has 0 aromatic carbocycles. The van der Waals surface area contributed by atoms with Gasteiger partial charge in [-0.05, 0) is 28.9 Å². The number of hydrogen-bond donors (Lipinski definition) is 1. The largest absolute Gasteiger partial charge is 0.461 e. The van der Waals surface area contributed by atoms with Crippen LogP contribution in [-0.2, 0) is 4.74 Å². The van der Waals surface area contributed by atoms with E-state index >= 15 is 0 Å². The Bertz CT molecular complexity index is 405. The number of hydrogen-bond acceptors (Lipinski definition) is 4. The van der Waals surface area contributed by atoms with Crippen LogP contribution in [0.15, 0.2) is 10.5 Å². The normalized spacial score (nSPS) is 9.50. The number of nitrogens with two attached hydrogens (primary N) is 1. The standard InChI is InChI=1S/C8H8BrN3O2/c1-2-14-8(13)6-3-5(9)7(4-10)12(6)11/h3H,2,11H2,1H3. The van der Waals surface area contributed by atoms with E-state index in [2.05, 4.69) is 15.9 Å². The SMILES string of the molecule is CCOC(=O)c1cc(Br)c(C#N)n1N. The van der Waals surface area contributed by atoms with Gasteiger partial charge in [-0.1, -0.05) is 0 Å². The minimum Gasteiger partial charge on any atom is -0.461 e. The van der Waals surface area contributed by atoms with Crippen LogP contribution in [0.3, 0.4) is 0 Å². The van der Waals surface area contributed by atoms with Gasteiger partial charge in [0.1, 0.15) is 11.8 Å². The van der Waals surface area contributed by atoms with Gasteiger partial charge in [0.05, 0.1) is 11.1 Å². The van der Waals surface area contributed by atoms with Gasteiger partial charge in [0.15, 0.2) is 5.69 Å². The van der Waals surface area contributed by atoms with Gasteiger partial charge in [-0.3, -0.25) is 0 Å². The first-order valence-corrected chi connectivity index (χ1v) is 4.64.